The van der Waals surface area contributed by atoms with Gasteiger partial charge in [0.25, 0.3) is 0 Å². The number of rotatable bonds is 26. The third kappa shape index (κ3) is 18.6. The molecule has 0 rings (SSSR count). The van der Waals surface area contributed by atoms with Crippen molar-refractivity contribution >= 4 is 29.7 Å². The first-order valence-electron chi connectivity index (χ1n) is 14.3. The maximum atomic E-state index is 12.0. The Morgan fingerprint density at radius 3 is 1.05 bits per heavy atom. The van der Waals surface area contributed by atoms with Crippen LogP contribution in [0, 0.1) is 0 Å². The molecule has 0 saturated heterocycles. The van der Waals surface area contributed by atoms with E-state index in [0.29, 0.717) is 104 Å². The number of carbonyl (C=O) groups is 2. The fraction of sp³-hybridized carbons (Fsp3) is 0.917. The zero-order valence-corrected chi connectivity index (χ0v) is 27.0. The van der Waals surface area contributed by atoms with Crippen LogP contribution in [0.2, 0.25) is 12.1 Å². The molecule has 0 spiro atoms. The molecule has 4 N–H and O–H groups in total. The lowest BCUT2D eigenvalue weighted by Gasteiger charge is -2.28. The van der Waals surface area contributed by atoms with Gasteiger partial charge in [-0.05, 0) is 54.4 Å². The number of hydrogen-bond donors (Lipinski definition) is 4. The molecule has 13 nitrogen and oxygen atoms in total. The van der Waals surface area contributed by atoms with Crippen LogP contribution >= 0.6 is 0 Å². The first kappa shape index (κ1) is 37.7. The largest absolute Gasteiger partial charge is 0.500 e. The summed E-state index contributed by atoms with van der Waals surface area (Å²) in [6.07, 6.45) is 1.39. The minimum absolute atomic E-state index is 0.266. The summed E-state index contributed by atoms with van der Waals surface area (Å²) in [5.74, 6) is 0. The highest BCUT2D eigenvalue weighted by Crippen LogP contribution is 2.18. The molecule has 0 aromatic rings. The summed E-state index contributed by atoms with van der Waals surface area (Å²) in [6.45, 7) is 17.1. The molecule has 39 heavy (non-hydrogen) atoms. The molecular formula is C24H54N4O9Si2. The van der Waals surface area contributed by atoms with Crippen LogP contribution in [0.15, 0.2) is 0 Å². The van der Waals surface area contributed by atoms with E-state index in [1.807, 2.05) is 41.5 Å². The Morgan fingerprint density at radius 2 is 0.769 bits per heavy atom. The van der Waals surface area contributed by atoms with Gasteiger partial charge in [-0.15, -0.1) is 0 Å². The van der Waals surface area contributed by atoms with E-state index >= 15 is 0 Å². The summed E-state index contributed by atoms with van der Waals surface area (Å²) >= 11 is 0. The van der Waals surface area contributed by atoms with Crippen molar-refractivity contribution in [1.29, 1.82) is 0 Å². The van der Waals surface area contributed by atoms with E-state index in [0.717, 1.165) is 0 Å². The molecule has 0 aliphatic heterocycles. The molecule has 0 radical (unpaired) electrons. The second kappa shape index (κ2) is 24.5. The van der Waals surface area contributed by atoms with Crippen LogP contribution < -0.4 is 21.3 Å². The van der Waals surface area contributed by atoms with Crippen LogP contribution in [0.25, 0.3) is 0 Å². The quantitative estimate of drug-likeness (QED) is 0.0871. The molecule has 0 aromatic carbocycles. The van der Waals surface area contributed by atoms with Crippen LogP contribution in [-0.2, 0) is 31.3 Å². The highest BCUT2D eigenvalue weighted by atomic mass is 28.4. The summed E-state index contributed by atoms with van der Waals surface area (Å²) in [6, 6.07) is 0.751. The van der Waals surface area contributed by atoms with Crippen molar-refractivity contribution in [2.24, 2.45) is 0 Å². The van der Waals surface area contributed by atoms with E-state index in [9.17, 15) is 9.59 Å². The summed E-state index contributed by atoms with van der Waals surface area (Å²) < 4.78 is 40.3. The van der Waals surface area contributed by atoms with Crippen LogP contribution in [-0.4, -0.2) is 109 Å². The van der Waals surface area contributed by atoms with Gasteiger partial charge in [-0.2, -0.15) is 0 Å². The molecule has 0 unspecified atom stereocenters. The Morgan fingerprint density at radius 1 is 0.487 bits per heavy atom. The van der Waals surface area contributed by atoms with Crippen molar-refractivity contribution in [2.45, 2.75) is 66.5 Å². The first-order chi connectivity index (χ1) is 18.9. The average Bonchev–Trinajstić information content (AvgIpc) is 2.89. The Bertz CT molecular complexity index is 540. The normalized spacial score (nSPS) is 11.8. The van der Waals surface area contributed by atoms with Crippen molar-refractivity contribution in [3.63, 3.8) is 0 Å². The molecule has 0 atom stereocenters. The monoisotopic (exact) mass is 598 g/mol. The maximum Gasteiger partial charge on any atom is 0.500 e. The molecule has 0 aromatic heterocycles. The number of amides is 4. The molecule has 4 amide bonds. The van der Waals surface area contributed by atoms with Gasteiger partial charge in [0.1, 0.15) is 0 Å². The van der Waals surface area contributed by atoms with E-state index in [1.165, 1.54) is 0 Å². The van der Waals surface area contributed by atoms with Gasteiger partial charge in [0.2, 0.25) is 0 Å². The zero-order valence-electron chi connectivity index (χ0n) is 25.0. The zero-order chi connectivity index (χ0) is 29.2. The fourth-order valence-corrected chi connectivity index (χ4v) is 8.94. The lowest BCUT2D eigenvalue weighted by Crippen LogP contribution is -2.46. The van der Waals surface area contributed by atoms with Gasteiger partial charge >= 0.3 is 29.7 Å². The molecule has 0 aliphatic rings. The third-order valence-electron chi connectivity index (χ3n) is 5.14. The van der Waals surface area contributed by atoms with Crippen LogP contribution in [0.3, 0.4) is 0 Å². The van der Waals surface area contributed by atoms with Gasteiger partial charge in [0.05, 0.1) is 13.2 Å². The summed E-state index contributed by atoms with van der Waals surface area (Å²) in [5.41, 5.74) is 0. The third-order valence-corrected chi connectivity index (χ3v) is 11.4. The minimum Gasteiger partial charge on any atom is -0.378 e. The molecule has 0 heterocycles. The highest BCUT2D eigenvalue weighted by Gasteiger charge is 2.40. The Labute approximate surface area is 237 Å². The second-order valence-electron chi connectivity index (χ2n) is 8.15. The number of nitrogens with one attached hydrogen (secondary N) is 4. The molecule has 0 fully saturated rings. The van der Waals surface area contributed by atoms with E-state index < -0.39 is 17.6 Å². The average molecular weight is 599 g/mol. The summed E-state index contributed by atoms with van der Waals surface area (Å²) in [7, 11) is -5.37. The van der Waals surface area contributed by atoms with Crippen molar-refractivity contribution in [3.05, 3.63) is 0 Å². The smallest absolute Gasteiger partial charge is 0.378 e. The number of carbonyl (C=O) groups excluding carboxylic acids is 2. The standard InChI is InChI=1S/C24H54N4O9Si2/c1-7-32-38(33-8-2,34-9-3)21-13-15-25-23(29)27-17-19-31-20-18-28-24(30)26-16-14-22-39(35-10-4,36-11-5)37-12-6/h7-22H2,1-6H3,(H2,25,27,29)(H2,26,28,30). The predicted molar refractivity (Wildman–Crippen MR) is 154 cm³/mol. The highest BCUT2D eigenvalue weighted by molar-refractivity contribution is 6.61. The van der Waals surface area contributed by atoms with E-state index in [2.05, 4.69) is 21.3 Å². The van der Waals surface area contributed by atoms with Crippen LogP contribution in [0.4, 0.5) is 9.59 Å². The Kier molecular flexibility index (Phi) is 23.7. The molecule has 232 valence electrons. The summed E-state index contributed by atoms with van der Waals surface area (Å²) in [4.78, 5) is 23.9. The van der Waals surface area contributed by atoms with Crippen molar-refractivity contribution < 1.29 is 40.9 Å². The summed E-state index contributed by atoms with van der Waals surface area (Å²) in [5, 5.41) is 11.1. The van der Waals surface area contributed by atoms with Crippen molar-refractivity contribution in [1.82, 2.24) is 21.3 Å². The topological polar surface area (TPSA) is 147 Å². The lowest BCUT2D eigenvalue weighted by molar-refractivity contribution is 0.0700. The Hall–Kier alpha value is -1.31. The molecule has 15 heteroatoms. The van der Waals surface area contributed by atoms with Gasteiger partial charge in [0.15, 0.2) is 0 Å². The minimum atomic E-state index is -2.69. The second-order valence-corrected chi connectivity index (χ2v) is 13.6. The van der Waals surface area contributed by atoms with E-state index in [-0.39, 0.29) is 12.1 Å². The van der Waals surface area contributed by atoms with Crippen LogP contribution in [0.1, 0.15) is 54.4 Å². The van der Waals surface area contributed by atoms with Gasteiger partial charge in [-0.1, -0.05) is 0 Å². The molecule has 0 bridgehead atoms. The maximum absolute atomic E-state index is 12.0. The van der Waals surface area contributed by atoms with Gasteiger partial charge < -0.3 is 52.6 Å². The van der Waals surface area contributed by atoms with Gasteiger partial charge in [0, 0.05) is 77.9 Å². The van der Waals surface area contributed by atoms with E-state index in [1.54, 1.807) is 0 Å². The molecule has 0 aliphatic carbocycles. The predicted octanol–water partition coefficient (Wildman–Crippen LogP) is 2.48. The van der Waals surface area contributed by atoms with E-state index in [4.69, 9.17) is 31.3 Å². The van der Waals surface area contributed by atoms with Gasteiger partial charge in [-0.3, -0.25) is 0 Å². The fourth-order valence-electron chi connectivity index (χ4n) is 3.72. The number of hydrogen-bond acceptors (Lipinski definition) is 9. The van der Waals surface area contributed by atoms with Gasteiger partial charge in [-0.25, -0.2) is 9.59 Å². The molecular weight excluding hydrogens is 544 g/mol. The number of ether oxygens (including phenoxy) is 1. The van der Waals surface area contributed by atoms with Crippen molar-refractivity contribution in [3.8, 4) is 0 Å². The lowest BCUT2D eigenvalue weighted by atomic mass is 10.5. The number of urea groups is 2. The van der Waals surface area contributed by atoms with Crippen LogP contribution in [0.5, 0.6) is 0 Å². The SMILES string of the molecule is CCO[Si](CCCNC(=O)NCCOCCNC(=O)NCCC[Si](OCC)(OCC)OCC)(OCC)OCC. The molecule has 0 saturated carbocycles. The van der Waals surface area contributed by atoms with Crippen molar-refractivity contribution in [2.75, 3.05) is 79.0 Å². The first-order valence-corrected chi connectivity index (χ1v) is 18.2. The Balaban J connectivity index is 3.91.